The number of sulfonamides is 1. The highest BCUT2D eigenvalue weighted by Crippen LogP contribution is 2.33. The van der Waals surface area contributed by atoms with Crippen LogP contribution in [-0.4, -0.2) is 15.5 Å². The summed E-state index contributed by atoms with van der Waals surface area (Å²) in [5, 5.41) is -0.296. The Morgan fingerprint density at radius 3 is 2.46 bits per heavy atom. The van der Waals surface area contributed by atoms with Gasteiger partial charge in [-0.15, -0.1) is 0 Å². The van der Waals surface area contributed by atoms with Crippen molar-refractivity contribution in [1.29, 1.82) is 0 Å². The van der Waals surface area contributed by atoms with Gasteiger partial charge >= 0.3 is 6.18 Å². The number of benzene rings is 2. The van der Waals surface area contributed by atoms with Gasteiger partial charge in [0.1, 0.15) is 10.6 Å². The van der Waals surface area contributed by atoms with Gasteiger partial charge in [-0.25, -0.2) is 13.1 Å². The summed E-state index contributed by atoms with van der Waals surface area (Å²) >= 11 is 5.76. The molecule has 2 aromatic rings. The van der Waals surface area contributed by atoms with E-state index in [0.29, 0.717) is 17.4 Å². The number of alkyl halides is 3. The molecule has 0 aliphatic carbocycles. The summed E-state index contributed by atoms with van der Waals surface area (Å²) in [7, 11) is -2.81. The van der Waals surface area contributed by atoms with E-state index >= 15 is 0 Å². The Hall–Kier alpha value is -1.77. The lowest BCUT2D eigenvalue weighted by atomic mass is 10.2. The molecule has 0 aliphatic heterocycles. The van der Waals surface area contributed by atoms with E-state index in [-0.39, 0.29) is 11.6 Å². The molecule has 0 bridgehead atoms. The summed E-state index contributed by atoms with van der Waals surface area (Å²) in [6, 6.07) is 8.80. The van der Waals surface area contributed by atoms with E-state index in [1.807, 2.05) is 0 Å². The minimum atomic E-state index is -4.67. The van der Waals surface area contributed by atoms with Crippen LogP contribution in [-0.2, 0) is 22.7 Å². The third-order valence-electron chi connectivity index (χ3n) is 3.19. The molecule has 2 rings (SSSR count). The smallest absolute Gasteiger partial charge is 0.416 e. The third kappa shape index (κ3) is 4.19. The molecule has 0 amide bonds. The van der Waals surface area contributed by atoms with Gasteiger partial charge < -0.3 is 4.74 Å². The molecule has 0 fully saturated rings. The standard InChI is InChI=1S/C15H13ClF3NO3S/c1-23-13-5-3-2-4-10(13)9-20-24(21,22)14-8-11(15(17,18)19)6-7-12(14)16/h2-8,20H,9H2,1H3. The van der Waals surface area contributed by atoms with Crippen molar-refractivity contribution in [3.63, 3.8) is 0 Å². The molecule has 130 valence electrons. The molecule has 0 saturated heterocycles. The third-order valence-corrected chi connectivity index (χ3v) is 5.08. The molecule has 24 heavy (non-hydrogen) atoms. The number of methoxy groups -OCH3 is 1. The quantitative estimate of drug-likeness (QED) is 0.858. The monoisotopic (exact) mass is 379 g/mol. The predicted octanol–water partition coefficient (Wildman–Crippen LogP) is 3.85. The molecular weight excluding hydrogens is 367 g/mol. The Balaban J connectivity index is 2.31. The zero-order valence-electron chi connectivity index (χ0n) is 12.4. The van der Waals surface area contributed by atoms with Crippen LogP contribution in [0.15, 0.2) is 47.4 Å². The lowest BCUT2D eigenvalue weighted by Gasteiger charge is -2.13. The van der Waals surface area contributed by atoms with Crippen molar-refractivity contribution in [2.45, 2.75) is 17.6 Å². The second kappa shape index (κ2) is 7.00. The second-order valence-electron chi connectivity index (χ2n) is 4.78. The van der Waals surface area contributed by atoms with E-state index in [9.17, 15) is 21.6 Å². The van der Waals surface area contributed by atoms with Crippen LogP contribution in [0.2, 0.25) is 5.02 Å². The van der Waals surface area contributed by atoms with E-state index < -0.39 is 26.7 Å². The highest BCUT2D eigenvalue weighted by molar-refractivity contribution is 7.89. The van der Waals surface area contributed by atoms with Crippen molar-refractivity contribution < 1.29 is 26.3 Å². The van der Waals surface area contributed by atoms with E-state index in [1.165, 1.54) is 7.11 Å². The van der Waals surface area contributed by atoms with Gasteiger partial charge in [-0.3, -0.25) is 0 Å². The largest absolute Gasteiger partial charge is 0.496 e. The molecule has 9 heteroatoms. The fourth-order valence-electron chi connectivity index (χ4n) is 1.99. The van der Waals surface area contributed by atoms with Crippen molar-refractivity contribution in [2.75, 3.05) is 7.11 Å². The summed E-state index contributed by atoms with van der Waals surface area (Å²) in [5.74, 6) is 0.454. The highest BCUT2D eigenvalue weighted by Gasteiger charge is 2.32. The number of para-hydroxylation sites is 1. The van der Waals surface area contributed by atoms with Crippen molar-refractivity contribution in [3.05, 3.63) is 58.6 Å². The Morgan fingerprint density at radius 1 is 1.17 bits per heavy atom. The fourth-order valence-corrected chi connectivity index (χ4v) is 3.52. The summed E-state index contributed by atoms with van der Waals surface area (Å²) in [6.45, 7) is -0.154. The van der Waals surface area contributed by atoms with Crippen molar-refractivity contribution in [3.8, 4) is 5.75 Å². The summed E-state index contributed by atoms with van der Waals surface area (Å²) < 4.78 is 70.2. The highest BCUT2D eigenvalue weighted by atomic mass is 35.5. The van der Waals surface area contributed by atoms with Gasteiger partial charge in [0.15, 0.2) is 0 Å². The minimum absolute atomic E-state index is 0.154. The molecule has 0 aromatic heterocycles. The Labute approximate surface area is 142 Å². The Morgan fingerprint density at radius 2 is 1.83 bits per heavy atom. The number of nitrogens with one attached hydrogen (secondary N) is 1. The molecule has 0 atom stereocenters. The maximum atomic E-state index is 12.8. The van der Waals surface area contributed by atoms with E-state index in [0.717, 1.165) is 12.1 Å². The summed E-state index contributed by atoms with van der Waals surface area (Å²) in [5.41, 5.74) is -0.559. The van der Waals surface area contributed by atoms with E-state index in [1.54, 1.807) is 24.3 Å². The molecule has 1 N–H and O–H groups in total. The van der Waals surface area contributed by atoms with Crippen LogP contribution in [0.3, 0.4) is 0 Å². The summed E-state index contributed by atoms with van der Waals surface area (Å²) in [4.78, 5) is -0.631. The molecule has 0 heterocycles. The normalized spacial score (nSPS) is 12.2. The molecule has 0 aliphatic rings. The van der Waals surface area contributed by atoms with Crippen LogP contribution in [0.1, 0.15) is 11.1 Å². The number of ether oxygens (including phenoxy) is 1. The second-order valence-corrected chi connectivity index (χ2v) is 6.92. The average molecular weight is 380 g/mol. The van der Waals surface area contributed by atoms with E-state index in [2.05, 4.69) is 4.72 Å². The first kappa shape index (κ1) is 18.6. The van der Waals surface area contributed by atoms with Gasteiger partial charge in [0.25, 0.3) is 0 Å². The van der Waals surface area contributed by atoms with Crippen LogP contribution >= 0.6 is 11.6 Å². The number of hydrogen-bond donors (Lipinski definition) is 1. The SMILES string of the molecule is COc1ccccc1CNS(=O)(=O)c1cc(C(F)(F)F)ccc1Cl. The first-order valence-electron chi connectivity index (χ1n) is 6.63. The number of halogens is 4. The van der Waals surface area contributed by atoms with Gasteiger partial charge in [0.2, 0.25) is 10.0 Å². The first-order chi connectivity index (χ1) is 11.1. The fraction of sp³-hybridized carbons (Fsp3) is 0.200. The lowest BCUT2D eigenvalue weighted by molar-refractivity contribution is -0.137. The topological polar surface area (TPSA) is 55.4 Å². The van der Waals surface area contributed by atoms with Crippen LogP contribution in [0.5, 0.6) is 5.75 Å². The van der Waals surface area contributed by atoms with Gasteiger partial charge in [0, 0.05) is 12.1 Å². The number of hydrogen-bond acceptors (Lipinski definition) is 3. The van der Waals surface area contributed by atoms with Gasteiger partial charge in [0.05, 0.1) is 17.7 Å². The van der Waals surface area contributed by atoms with Crippen molar-refractivity contribution >= 4 is 21.6 Å². The van der Waals surface area contributed by atoms with E-state index in [4.69, 9.17) is 16.3 Å². The van der Waals surface area contributed by atoms with Crippen LogP contribution in [0, 0.1) is 0 Å². The maximum Gasteiger partial charge on any atom is 0.416 e. The lowest BCUT2D eigenvalue weighted by Crippen LogP contribution is -2.24. The van der Waals surface area contributed by atoms with Gasteiger partial charge in [-0.05, 0) is 24.3 Å². The zero-order valence-corrected chi connectivity index (χ0v) is 14.0. The van der Waals surface area contributed by atoms with Crippen molar-refractivity contribution in [2.24, 2.45) is 0 Å². The van der Waals surface area contributed by atoms with Crippen LogP contribution in [0.25, 0.3) is 0 Å². The summed E-state index contributed by atoms with van der Waals surface area (Å²) in [6.07, 6.45) is -4.67. The molecule has 0 unspecified atom stereocenters. The molecule has 0 spiro atoms. The van der Waals surface area contributed by atoms with Gasteiger partial charge in [-0.1, -0.05) is 29.8 Å². The van der Waals surface area contributed by atoms with Crippen LogP contribution < -0.4 is 9.46 Å². The number of rotatable bonds is 5. The first-order valence-corrected chi connectivity index (χ1v) is 8.49. The Kier molecular flexibility index (Phi) is 5.42. The van der Waals surface area contributed by atoms with Crippen molar-refractivity contribution in [1.82, 2.24) is 4.72 Å². The Bertz CT molecular complexity index is 838. The molecule has 2 aromatic carbocycles. The molecule has 0 saturated carbocycles. The molecule has 0 radical (unpaired) electrons. The molecular formula is C15H13ClF3NO3S. The average Bonchev–Trinajstić information content (AvgIpc) is 2.52. The predicted molar refractivity (Wildman–Crippen MR) is 83.5 cm³/mol. The zero-order chi connectivity index (χ0) is 18.0. The van der Waals surface area contributed by atoms with Gasteiger partial charge in [-0.2, -0.15) is 13.2 Å². The molecule has 4 nitrogen and oxygen atoms in total. The minimum Gasteiger partial charge on any atom is -0.496 e. The van der Waals surface area contributed by atoms with Crippen LogP contribution in [0.4, 0.5) is 13.2 Å². The maximum absolute atomic E-state index is 12.8.